The Balaban J connectivity index is 1.54. The molecule has 0 aromatic heterocycles. The van der Waals surface area contributed by atoms with E-state index in [1.54, 1.807) is 6.08 Å². The molecular formula is C41H75NO18. The Morgan fingerprint density at radius 3 is 1.53 bits per heavy atom. The number of aliphatic hydroxyl groups is 11. The van der Waals surface area contributed by atoms with Gasteiger partial charge in [0.05, 0.1) is 38.6 Å². The van der Waals surface area contributed by atoms with E-state index in [-0.39, 0.29) is 18.9 Å². The number of unbranched alkanes of at least 4 members (excludes halogenated alkanes) is 12. The Kier molecular flexibility index (Phi) is 25.0. The molecule has 0 spiro atoms. The maximum Gasteiger partial charge on any atom is 0.220 e. The predicted octanol–water partition coefficient (Wildman–Crippen LogP) is -1.26. The summed E-state index contributed by atoms with van der Waals surface area (Å²) in [4.78, 5) is 13.0. The molecule has 1 amide bonds. The fourth-order valence-corrected chi connectivity index (χ4v) is 7.55. The molecule has 0 bridgehead atoms. The van der Waals surface area contributed by atoms with Crippen LogP contribution in [0, 0.1) is 0 Å². The molecule has 17 unspecified atom stereocenters. The number of aliphatic hydroxyl groups excluding tert-OH is 11. The first kappa shape index (κ1) is 52.9. The lowest BCUT2D eigenvalue weighted by molar-refractivity contribution is -0.379. The highest BCUT2D eigenvalue weighted by Gasteiger charge is 2.53. The zero-order chi connectivity index (χ0) is 44.2. The highest BCUT2D eigenvalue weighted by molar-refractivity contribution is 5.76. The van der Waals surface area contributed by atoms with Crippen LogP contribution in [-0.4, -0.2) is 193 Å². The van der Waals surface area contributed by atoms with Gasteiger partial charge >= 0.3 is 0 Å². The van der Waals surface area contributed by atoms with Crippen LogP contribution in [-0.2, 0) is 33.2 Å². The molecule has 60 heavy (non-hydrogen) atoms. The second-order valence-corrected chi connectivity index (χ2v) is 16.2. The largest absolute Gasteiger partial charge is 0.394 e. The summed E-state index contributed by atoms with van der Waals surface area (Å²) >= 11 is 0. The summed E-state index contributed by atoms with van der Waals surface area (Å²) in [5.74, 6) is -0.291. The molecule has 3 aliphatic heterocycles. The van der Waals surface area contributed by atoms with Gasteiger partial charge in [0.2, 0.25) is 5.91 Å². The number of nitrogens with one attached hydrogen (secondary N) is 1. The number of hydrogen-bond donors (Lipinski definition) is 12. The van der Waals surface area contributed by atoms with Crippen LogP contribution in [0.1, 0.15) is 110 Å². The van der Waals surface area contributed by atoms with E-state index in [4.69, 9.17) is 28.4 Å². The molecule has 17 atom stereocenters. The van der Waals surface area contributed by atoms with Crippen molar-refractivity contribution in [3.63, 3.8) is 0 Å². The highest BCUT2D eigenvalue weighted by Crippen LogP contribution is 2.33. The van der Waals surface area contributed by atoms with E-state index in [2.05, 4.69) is 12.2 Å². The molecule has 0 saturated carbocycles. The minimum Gasteiger partial charge on any atom is -0.394 e. The summed E-state index contributed by atoms with van der Waals surface area (Å²) in [6.45, 7) is 1.42. The lowest BCUT2D eigenvalue weighted by Crippen LogP contribution is -2.66. The SMILES string of the molecule is CCC/C=C/C(O)C(COC1OC(CO)C(OC2OC(CO)C(OC3OC(CO)C(O)C(O)C3O)C(O)C2O)C(O)C1O)NC(=O)CCCCCCCCCCCCCC. The predicted molar refractivity (Wildman–Crippen MR) is 213 cm³/mol. The fraction of sp³-hybridized carbons (Fsp3) is 0.927. The molecule has 3 fully saturated rings. The summed E-state index contributed by atoms with van der Waals surface area (Å²) in [6, 6.07) is -0.960. The van der Waals surface area contributed by atoms with E-state index < -0.39 is 124 Å². The molecule has 0 aromatic rings. The third-order valence-corrected chi connectivity index (χ3v) is 11.3. The van der Waals surface area contributed by atoms with E-state index in [0.717, 1.165) is 25.7 Å². The van der Waals surface area contributed by atoms with Crippen molar-refractivity contribution in [3.05, 3.63) is 12.2 Å². The maximum atomic E-state index is 13.0. The van der Waals surface area contributed by atoms with Crippen LogP contribution in [0.15, 0.2) is 12.2 Å². The molecule has 3 heterocycles. The van der Waals surface area contributed by atoms with Gasteiger partial charge in [0.15, 0.2) is 18.9 Å². The van der Waals surface area contributed by atoms with Gasteiger partial charge in [-0.1, -0.05) is 103 Å². The lowest BCUT2D eigenvalue weighted by Gasteiger charge is -2.48. The van der Waals surface area contributed by atoms with Gasteiger partial charge in [0.1, 0.15) is 73.2 Å². The number of rotatable bonds is 28. The van der Waals surface area contributed by atoms with Crippen molar-refractivity contribution >= 4 is 5.91 Å². The van der Waals surface area contributed by atoms with Gasteiger partial charge in [-0.15, -0.1) is 0 Å². The monoisotopic (exact) mass is 869 g/mol. The van der Waals surface area contributed by atoms with E-state index in [0.29, 0.717) is 12.8 Å². The van der Waals surface area contributed by atoms with Crippen molar-refractivity contribution in [2.45, 2.75) is 214 Å². The van der Waals surface area contributed by atoms with Gasteiger partial charge in [-0.3, -0.25) is 4.79 Å². The van der Waals surface area contributed by atoms with Crippen molar-refractivity contribution < 1.29 is 89.4 Å². The Labute approximate surface area is 353 Å². The van der Waals surface area contributed by atoms with E-state index in [9.17, 15) is 61.0 Å². The fourth-order valence-electron chi connectivity index (χ4n) is 7.55. The average Bonchev–Trinajstić information content (AvgIpc) is 3.24. The summed E-state index contributed by atoms with van der Waals surface area (Å²) in [5, 5.41) is 118. The van der Waals surface area contributed by atoms with Crippen LogP contribution in [0.25, 0.3) is 0 Å². The highest BCUT2D eigenvalue weighted by atomic mass is 16.8. The van der Waals surface area contributed by atoms with E-state index >= 15 is 0 Å². The summed E-state index contributed by atoms with van der Waals surface area (Å²) in [6.07, 6.45) is -7.82. The van der Waals surface area contributed by atoms with Crippen LogP contribution < -0.4 is 5.32 Å². The molecule has 3 rings (SSSR count). The standard InChI is InChI=1S/C41H75NO18/c1-3-5-7-8-9-10-11-12-13-14-15-17-19-29(47)42-24(25(46)18-16-6-4-2)23-55-39-35(53)32(50)37(27(21-44)57-39)60-41-36(54)33(51)38(28(22-45)58-41)59-40-34(52)31(49)30(48)26(20-43)56-40/h16,18,24-28,30-41,43-46,48-54H,3-15,17,19-23H2,1-2H3,(H,42,47)/b18-16+. The van der Waals surface area contributed by atoms with Crippen molar-refractivity contribution in [2.24, 2.45) is 0 Å². The molecule has 19 nitrogen and oxygen atoms in total. The zero-order valence-corrected chi connectivity index (χ0v) is 35.2. The van der Waals surface area contributed by atoms with Crippen molar-refractivity contribution in [1.29, 1.82) is 0 Å². The van der Waals surface area contributed by atoms with Gasteiger partial charge in [-0.2, -0.15) is 0 Å². The Hall–Kier alpha value is -1.47. The van der Waals surface area contributed by atoms with E-state index in [1.165, 1.54) is 57.4 Å². The van der Waals surface area contributed by atoms with Crippen molar-refractivity contribution in [3.8, 4) is 0 Å². The number of carbonyl (C=O) groups is 1. The summed E-state index contributed by atoms with van der Waals surface area (Å²) in [5.41, 5.74) is 0. The second kappa shape index (κ2) is 28.3. The molecule has 0 aliphatic carbocycles. The third kappa shape index (κ3) is 16.0. The molecule has 3 aliphatic rings. The Bertz CT molecular complexity index is 1180. The molecule has 12 N–H and O–H groups in total. The zero-order valence-electron chi connectivity index (χ0n) is 35.2. The van der Waals surface area contributed by atoms with Crippen LogP contribution in [0.4, 0.5) is 0 Å². The minimum absolute atomic E-state index is 0.244. The molecule has 3 saturated heterocycles. The quantitative estimate of drug-likeness (QED) is 0.0323. The first-order valence-corrected chi connectivity index (χ1v) is 21.9. The Morgan fingerprint density at radius 1 is 0.583 bits per heavy atom. The first-order valence-electron chi connectivity index (χ1n) is 21.9. The van der Waals surface area contributed by atoms with Gasteiger partial charge in [0, 0.05) is 6.42 Å². The molecule has 352 valence electrons. The van der Waals surface area contributed by atoms with Gasteiger partial charge < -0.3 is 89.9 Å². The van der Waals surface area contributed by atoms with Crippen LogP contribution >= 0.6 is 0 Å². The number of ether oxygens (including phenoxy) is 6. The summed E-state index contributed by atoms with van der Waals surface area (Å²) < 4.78 is 33.8. The van der Waals surface area contributed by atoms with Gasteiger partial charge in [-0.25, -0.2) is 0 Å². The van der Waals surface area contributed by atoms with Crippen LogP contribution in [0.2, 0.25) is 0 Å². The Morgan fingerprint density at radius 2 is 1.03 bits per heavy atom. The maximum absolute atomic E-state index is 13.0. The number of amides is 1. The molecule has 0 radical (unpaired) electrons. The van der Waals surface area contributed by atoms with Crippen molar-refractivity contribution in [1.82, 2.24) is 5.32 Å². The smallest absolute Gasteiger partial charge is 0.220 e. The number of hydrogen-bond acceptors (Lipinski definition) is 18. The topological polar surface area (TPSA) is 307 Å². The summed E-state index contributed by atoms with van der Waals surface area (Å²) in [7, 11) is 0. The molecular weight excluding hydrogens is 794 g/mol. The minimum atomic E-state index is -1.97. The molecule has 0 aromatic carbocycles. The van der Waals surface area contributed by atoms with Crippen molar-refractivity contribution in [2.75, 3.05) is 26.4 Å². The van der Waals surface area contributed by atoms with Gasteiger partial charge in [-0.05, 0) is 12.8 Å². The van der Waals surface area contributed by atoms with Crippen LogP contribution in [0.3, 0.4) is 0 Å². The number of carbonyl (C=O) groups excluding carboxylic acids is 1. The second-order valence-electron chi connectivity index (χ2n) is 16.2. The van der Waals surface area contributed by atoms with Gasteiger partial charge in [0.25, 0.3) is 0 Å². The number of allylic oxidation sites excluding steroid dienone is 1. The van der Waals surface area contributed by atoms with E-state index in [1.807, 2.05) is 6.92 Å². The first-order chi connectivity index (χ1) is 28.8. The van der Waals surface area contributed by atoms with Crippen LogP contribution in [0.5, 0.6) is 0 Å². The third-order valence-electron chi connectivity index (χ3n) is 11.3. The normalized spacial score (nSPS) is 36.0. The average molecular weight is 870 g/mol. The lowest BCUT2D eigenvalue weighted by atomic mass is 9.96. The molecule has 19 heteroatoms.